The Morgan fingerprint density at radius 2 is 1.89 bits per heavy atom. The van der Waals surface area contributed by atoms with Gasteiger partial charge in [-0.15, -0.1) is 0 Å². The van der Waals surface area contributed by atoms with Crippen molar-refractivity contribution in [3.8, 4) is 11.6 Å². The van der Waals surface area contributed by atoms with Gasteiger partial charge in [0.1, 0.15) is 16.9 Å². The number of furan rings is 1. The highest BCUT2D eigenvalue weighted by Gasteiger charge is 2.13. The molecule has 2 aromatic carbocycles. The Balaban J connectivity index is 1.48. The van der Waals surface area contributed by atoms with Crippen LogP contribution in [0.3, 0.4) is 0 Å². The summed E-state index contributed by atoms with van der Waals surface area (Å²) in [6.45, 7) is -0.0795. The van der Waals surface area contributed by atoms with Crippen LogP contribution < -0.4 is 14.4 Å². The lowest BCUT2D eigenvalue weighted by molar-refractivity contribution is -0.120. The number of fused-ring (bicyclic) bond motifs is 3. The Morgan fingerprint density at radius 3 is 2.67 bits per heavy atom. The van der Waals surface area contributed by atoms with Crippen molar-refractivity contribution in [3.63, 3.8) is 0 Å². The Kier molecular flexibility index (Phi) is 4.38. The van der Waals surface area contributed by atoms with Gasteiger partial charge in [-0.1, -0.05) is 18.2 Å². The van der Waals surface area contributed by atoms with Crippen molar-refractivity contribution in [2.45, 2.75) is 0 Å². The summed E-state index contributed by atoms with van der Waals surface area (Å²) in [6, 6.07) is 16.8. The Bertz CT molecular complexity index is 1100. The third-order valence-electron chi connectivity index (χ3n) is 4.40. The molecule has 0 fully saturated rings. The van der Waals surface area contributed by atoms with Crippen LogP contribution >= 0.6 is 0 Å². The first-order chi connectivity index (χ1) is 13.2. The number of anilines is 1. The molecule has 0 aliphatic rings. The zero-order chi connectivity index (χ0) is 18.8. The first-order valence-electron chi connectivity index (χ1n) is 8.46. The van der Waals surface area contributed by atoms with Gasteiger partial charge in [-0.3, -0.25) is 4.79 Å². The molecule has 0 bridgehead atoms. The van der Waals surface area contributed by atoms with Crippen molar-refractivity contribution < 1.29 is 18.7 Å². The van der Waals surface area contributed by atoms with E-state index in [1.54, 1.807) is 38.6 Å². The second kappa shape index (κ2) is 6.99. The normalized spacial score (nSPS) is 10.9. The lowest BCUT2D eigenvalue weighted by Gasteiger charge is -2.17. The average molecular weight is 362 g/mol. The van der Waals surface area contributed by atoms with E-state index in [0.29, 0.717) is 17.3 Å². The van der Waals surface area contributed by atoms with E-state index < -0.39 is 0 Å². The molecule has 0 saturated heterocycles. The predicted octanol–water partition coefficient (Wildman–Crippen LogP) is 4.03. The zero-order valence-corrected chi connectivity index (χ0v) is 15.0. The van der Waals surface area contributed by atoms with Crippen LogP contribution in [0.1, 0.15) is 0 Å². The molecule has 0 unspecified atom stereocenters. The van der Waals surface area contributed by atoms with E-state index in [4.69, 9.17) is 13.9 Å². The first kappa shape index (κ1) is 16.9. The number of benzene rings is 2. The first-order valence-corrected chi connectivity index (χ1v) is 8.46. The Labute approximate surface area is 155 Å². The van der Waals surface area contributed by atoms with Gasteiger partial charge >= 0.3 is 0 Å². The zero-order valence-electron chi connectivity index (χ0n) is 15.0. The molecular formula is C21H18N2O4. The molecule has 0 aliphatic heterocycles. The minimum absolute atomic E-state index is 0.0795. The van der Waals surface area contributed by atoms with Crippen molar-refractivity contribution in [1.82, 2.24) is 4.98 Å². The number of aromatic nitrogens is 1. The quantitative estimate of drug-likeness (QED) is 0.536. The molecule has 2 heterocycles. The van der Waals surface area contributed by atoms with Gasteiger partial charge in [0, 0.05) is 23.9 Å². The highest BCUT2D eigenvalue weighted by Crippen LogP contribution is 2.31. The summed E-state index contributed by atoms with van der Waals surface area (Å²) in [6.07, 6.45) is 1.58. The van der Waals surface area contributed by atoms with E-state index in [9.17, 15) is 4.79 Å². The van der Waals surface area contributed by atoms with Crippen molar-refractivity contribution in [3.05, 3.63) is 60.8 Å². The minimum Gasteiger partial charge on any atom is -0.484 e. The Hall–Kier alpha value is -3.54. The third-order valence-corrected chi connectivity index (χ3v) is 4.40. The lowest BCUT2D eigenvalue weighted by Crippen LogP contribution is -2.31. The van der Waals surface area contributed by atoms with E-state index in [-0.39, 0.29) is 12.5 Å². The summed E-state index contributed by atoms with van der Waals surface area (Å²) in [5.74, 6) is 0.930. The van der Waals surface area contributed by atoms with Gasteiger partial charge in [-0.05, 0) is 30.3 Å². The number of para-hydroxylation sites is 1. The van der Waals surface area contributed by atoms with Crippen LogP contribution in [-0.4, -0.2) is 31.7 Å². The minimum atomic E-state index is -0.181. The maximum absolute atomic E-state index is 12.4. The fourth-order valence-corrected chi connectivity index (χ4v) is 2.87. The number of likely N-dealkylation sites (N-methyl/N-ethyl adjacent to an activating group) is 1. The van der Waals surface area contributed by atoms with Crippen LogP contribution in [0.25, 0.3) is 21.9 Å². The molecule has 136 valence electrons. The lowest BCUT2D eigenvalue weighted by atomic mass is 10.1. The highest BCUT2D eigenvalue weighted by molar-refractivity contribution is 6.05. The number of methoxy groups -OCH3 is 1. The van der Waals surface area contributed by atoms with Gasteiger partial charge in [-0.25, -0.2) is 4.98 Å². The summed E-state index contributed by atoms with van der Waals surface area (Å²) < 4.78 is 16.5. The second-order valence-corrected chi connectivity index (χ2v) is 6.06. The van der Waals surface area contributed by atoms with Gasteiger partial charge in [0.25, 0.3) is 5.91 Å². The molecule has 6 heteroatoms. The van der Waals surface area contributed by atoms with Crippen LogP contribution in [0.5, 0.6) is 11.6 Å². The van der Waals surface area contributed by atoms with Crippen LogP contribution in [0, 0.1) is 0 Å². The Morgan fingerprint density at radius 1 is 1.07 bits per heavy atom. The topological polar surface area (TPSA) is 64.8 Å². The van der Waals surface area contributed by atoms with Crippen LogP contribution in [0.4, 0.5) is 5.69 Å². The summed E-state index contributed by atoms with van der Waals surface area (Å²) in [5, 5.41) is 1.98. The standard InChI is InChI=1S/C21H18N2O4/c1-23(14-7-10-20(25-2)22-12-14)21(24)13-26-15-8-9-19-17(11-15)16-5-3-4-6-18(16)27-19/h3-12H,13H2,1-2H3. The number of hydrogen-bond acceptors (Lipinski definition) is 5. The van der Waals surface area contributed by atoms with Gasteiger partial charge < -0.3 is 18.8 Å². The molecule has 27 heavy (non-hydrogen) atoms. The van der Waals surface area contributed by atoms with Gasteiger partial charge in [0.05, 0.1) is 19.0 Å². The molecule has 4 rings (SSSR count). The number of pyridine rings is 1. The maximum atomic E-state index is 12.4. The van der Waals surface area contributed by atoms with Crippen molar-refractivity contribution in [2.24, 2.45) is 0 Å². The van der Waals surface area contributed by atoms with Gasteiger partial charge in [-0.2, -0.15) is 0 Å². The molecule has 0 aliphatic carbocycles. The molecule has 0 saturated carbocycles. The monoisotopic (exact) mass is 362 g/mol. The number of rotatable bonds is 5. The number of ether oxygens (including phenoxy) is 2. The van der Waals surface area contributed by atoms with Crippen LogP contribution in [0.15, 0.2) is 65.2 Å². The maximum Gasteiger partial charge on any atom is 0.264 e. The van der Waals surface area contributed by atoms with Crippen LogP contribution in [0.2, 0.25) is 0 Å². The van der Waals surface area contributed by atoms with Gasteiger partial charge in [0.2, 0.25) is 5.88 Å². The molecule has 2 aromatic heterocycles. The summed E-state index contributed by atoms with van der Waals surface area (Å²) in [7, 11) is 3.23. The largest absolute Gasteiger partial charge is 0.484 e. The fourth-order valence-electron chi connectivity index (χ4n) is 2.87. The SMILES string of the molecule is COc1ccc(N(C)C(=O)COc2ccc3oc4ccccc4c3c2)cn1. The highest BCUT2D eigenvalue weighted by atomic mass is 16.5. The molecule has 0 N–H and O–H groups in total. The summed E-state index contributed by atoms with van der Waals surface area (Å²) >= 11 is 0. The smallest absolute Gasteiger partial charge is 0.264 e. The predicted molar refractivity (Wildman–Crippen MR) is 103 cm³/mol. The van der Waals surface area contributed by atoms with E-state index in [2.05, 4.69) is 4.98 Å². The number of nitrogens with zero attached hydrogens (tertiary/aromatic N) is 2. The van der Waals surface area contributed by atoms with E-state index in [1.807, 2.05) is 36.4 Å². The number of amides is 1. The fraction of sp³-hybridized carbons (Fsp3) is 0.143. The number of carbonyl (C=O) groups is 1. The molecule has 0 spiro atoms. The van der Waals surface area contributed by atoms with E-state index >= 15 is 0 Å². The molecule has 4 aromatic rings. The molecule has 0 radical (unpaired) electrons. The molecule has 1 amide bonds. The summed E-state index contributed by atoms with van der Waals surface area (Å²) in [4.78, 5) is 18.0. The molecule has 6 nitrogen and oxygen atoms in total. The van der Waals surface area contributed by atoms with Crippen LogP contribution in [-0.2, 0) is 4.79 Å². The van der Waals surface area contributed by atoms with Crippen molar-refractivity contribution in [2.75, 3.05) is 25.7 Å². The molecule has 0 atom stereocenters. The van der Waals surface area contributed by atoms with E-state index in [0.717, 1.165) is 21.9 Å². The van der Waals surface area contributed by atoms with Crippen molar-refractivity contribution >= 4 is 33.5 Å². The van der Waals surface area contributed by atoms with E-state index in [1.165, 1.54) is 4.90 Å². The van der Waals surface area contributed by atoms with Gasteiger partial charge in [0.15, 0.2) is 6.61 Å². The van der Waals surface area contributed by atoms with Crippen molar-refractivity contribution in [1.29, 1.82) is 0 Å². The molecular weight excluding hydrogens is 344 g/mol. The number of hydrogen-bond donors (Lipinski definition) is 0. The second-order valence-electron chi connectivity index (χ2n) is 6.06. The number of carbonyl (C=O) groups excluding carboxylic acids is 1. The average Bonchev–Trinajstić information content (AvgIpc) is 3.09. The summed E-state index contributed by atoms with van der Waals surface area (Å²) in [5.41, 5.74) is 2.28. The third kappa shape index (κ3) is 3.29.